The Labute approximate surface area is 146 Å². The summed E-state index contributed by atoms with van der Waals surface area (Å²) in [4.78, 5) is 0. The minimum Gasteiger partial charge on any atom is -0.507 e. The Morgan fingerprint density at radius 3 is 2.54 bits per heavy atom. The fraction of sp³-hybridized carbons (Fsp3) is 0.619. The number of nitrogens with two attached hydrogens (primary N) is 1. The molecule has 1 aromatic carbocycles. The first-order chi connectivity index (χ1) is 11.3. The van der Waals surface area contributed by atoms with Crippen molar-refractivity contribution in [1.82, 2.24) is 0 Å². The number of hydrogen-bond donors (Lipinski definition) is 2. The van der Waals surface area contributed by atoms with Crippen LogP contribution in [0.3, 0.4) is 0 Å². The minimum absolute atomic E-state index is 0.109. The fourth-order valence-electron chi connectivity index (χ4n) is 3.93. The Hall–Kier alpha value is -1.48. The summed E-state index contributed by atoms with van der Waals surface area (Å²) < 4.78 is 5.93. The number of hydrogen-bond acceptors (Lipinski definition) is 3. The lowest BCUT2D eigenvalue weighted by Crippen LogP contribution is -2.51. The SMILES string of the molecule is CCCc1cc(O)c([C@]2(N)C=C(C)CC[C@@]2(C)CC)c(OCC)c1. The van der Waals surface area contributed by atoms with E-state index in [1.165, 1.54) is 5.57 Å². The van der Waals surface area contributed by atoms with E-state index in [-0.39, 0.29) is 11.2 Å². The van der Waals surface area contributed by atoms with Gasteiger partial charge in [0.1, 0.15) is 11.5 Å². The molecule has 24 heavy (non-hydrogen) atoms. The summed E-state index contributed by atoms with van der Waals surface area (Å²) in [5.41, 5.74) is 9.29. The summed E-state index contributed by atoms with van der Waals surface area (Å²) in [5, 5.41) is 10.9. The summed E-state index contributed by atoms with van der Waals surface area (Å²) in [7, 11) is 0. The van der Waals surface area contributed by atoms with Gasteiger partial charge in [0.2, 0.25) is 0 Å². The van der Waals surface area contributed by atoms with E-state index in [4.69, 9.17) is 10.5 Å². The molecule has 0 bridgehead atoms. The molecule has 1 aliphatic rings. The first-order valence-electron chi connectivity index (χ1n) is 9.27. The van der Waals surface area contributed by atoms with Crippen LogP contribution >= 0.6 is 0 Å². The third kappa shape index (κ3) is 3.19. The fourth-order valence-corrected chi connectivity index (χ4v) is 3.93. The molecule has 1 aliphatic carbocycles. The summed E-state index contributed by atoms with van der Waals surface area (Å²) in [6, 6.07) is 3.92. The molecule has 0 aromatic heterocycles. The molecule has 0 radical (unpaired) electrons. The van der Waals surface area contributed by atoms with Gasteiger partial charge in [0.05, 0.1) is 17.7 Å². The highest BCUT2D eigenvalue weighted by Crippen LogP contribution is 2.54. The van der Waals surface area contributed by atoms with Crippen LogP contribution in [0.5, 0.6) is 11.5 Å². The van der Waals surface area contributed by atoms with Gasteiger partial charge in [-0.3, -0.25) is 0 Å². The van der Waals surface area contributed by atoms with E-state index < -0.39 is 5.54 Å². The first-order valence-corrected chi connectivity index (χ1v) is 9.27. The van der Waals surface area contributed by atoms with Gasteiger partial charge in [-0.1, -0.05) is 38.8 Å². The summed E-state index contributed by atoms with van der Waals surface area (Å²) in [6.07, 6.45) is 7.13. The van der Waals surface area contributed by atoms with Gasteiger partial charge >= 0.3 is 0 Å². The minimum atomic E-state index is -0.719. The van der Waals surface area contributed by atoms with Gasteiger partial charge in [-0.2, -0.15) is 0 Å². The first kappa shape index (κ1) is 18.9. The average molecular weight is 332 g/mol. The zero-order chi connectivity index (χ0) is 18.0. The van der Waals surface area contributed by atoms with Crippen LogP contribution in [-0.4, -0.2) is 11.7 Å². The maximum absolute atomic E-state index is 10.9. The highest BCUT2D eigenvalue weighted by atomic mass is 16.5. The van der Waals surface area contributed by atoms with Gasteiger partial charge in [-0.25, -0.2) is 0 Å². The standard InChI is InChI=1S/C21H33NO2/c1-6-9-16-12-17(23)19(18(13-16)24-8-3)21(22)14-15(4)10-11-20(21,5)7-2/h12-14,23H,6-11,22H2,1-5H3/t20-,21-/m1/s1. The van der Waals surface area contributed by atoms with Crippen molar-refractivity contribution < 1.29 is 9.84 Å². The zero-order valence-electron chi connectivity index (χ0n) is 15.9. The summed E-state index contributed by atoms with van der Waals surface area (Å²) >= 11 is 0. The molecule has 2 atom stereocenters. The molecule has 0 spiro atoms. The number of aromatic hydroxyl groups is 1. The van der Waals surface area contributed by atoms with Crippen molar-refractivity contribution in [3.8, 4) is 11.5 Å². The quantitative estimate of drug-likeness (QED) is 0.717. The van der Waals surface area contributed by atoms with Crippen molar-refractivity contribution in [2.24, 2.45) is 11.1 Å². The molecule has 3 N–H and O–H groups in total. The zero-order valence-corrected chi connectivity index (χ0v) is 15.9. The molecule has 3 nitrogen and oxygen atoms in total. The highest BCUT2D eigenvalue weighted by Gasteiger charge is 2.48. The second kappa shape index (κ2) is 7.18. The number of allylic oxidation sites excluding steroid dienone is 1. The van der Waals surface area contributed by atoms with Gasteiger partial charge in [-0.05, 0) is 62.6 Å². The molecule has 0 unspecified atom stereocenters. The molecule has 0 aliphatic heterocycles. The lowest BCUT2D eigenvalue weighted by Gasteiger charge is -2.48. The van der Waals surface area contributed by atoms with Crippen molar-refractivity contribution in [2.75, 3.05) is 6.61 Å². The van der Waals surface area contributed by atoms with Crippen LogP contribution in [0.1, 0.15) is 71.4 Å². The van der Waals surface area contributed by atoms with Crippen molar-refractivity contribution >= 4 is 0 Å². The van der Waals surface area contributed by atoms with Gasteiger partial charge in [0.15, 0.2) is 0 Å². The van der Waals surface area contributed by atoms with Crippen molar-refractivity contribution in [1.29, 1.82) is 0 Å². The van der Waals surface area contributed by atoms with Gasteiger partial charge < -0.3 is 15.6 Å². The molecule has 2 rings (SSSR count). The Kier molecular flexibility index (Phi) is 5.64. The lowest BCUT2D eigenvalue weighted by molar-refractivity contribution is 0.142. The van der Waals surface area contributed by atoms with Gasteiger partial charge in [0.25, 0.3) is 0 Å². The summed E-state index contributed by atoms with van der Waals surface area (Å²) in [5.74, 6) is 0.992. The number of rotatable bonds is 6. The van der Waals surface area contributed by atoms with E-state index in [0.717, 1.165) is 49.0 Å². The van der Waals surface area contributed by atoms with E-state index in [2.05, 4.69) is 39.8 Å². The Morgan fingerprint density at radius 1 is 1.25 bits per heavy atom. The van der Waals surface area contributed by atoms with E-state index in [9.17, 15) is 5.11 Å². The molecular weight excluding hydrogens is 298 g/mol. The third-order valence-electron chi connectivity index (χ3n) is 5.72. The maximum Gasteiger partial charge on any atom is 0.128 e. The van der Waals surface area contributed by atoms with E-state index in [1.54, 1.807) is 0 Å². The number of aryl methyl sites for hydroxylation is 1. The van der Waals surface area contributed by atoms with E-state index in [0.29, 0.717) is 6.61 Å². The van der Waals surface area contributed by atoms with Crippen molar-refractivity contribution in [3.63, 3.8) is 0 Å². The number of phenolic OH excluding ortho intramolecular Hbond substituents is 1. The van der Waals surface area contributed by atoms with Crippen molar-refractivity contribution in [2.45, 2.75) is 72.3 Å². The smallest absolute Gasteiger partial charge is 0.128 e. The molecule has 3 heteroatoms. The van der Waals surface area contributed by atoms with Crippen LogP contribution < -0.4 is 10.5 Å². The second-order valence-electron chi connectivity index (χ2n) is 7.45. The topological polar surface area (TPSA) is 55.5 Å². The predicted molar refractivity (Wildman–Crippen MR) is 101 cm³/mol. The van der Waals surface area contributed by atoms with E-state index in [1.807, 2.05) is 13.0 Å². The van der Waals surface area contributed by atoms with Crippen LogP contribution in [0.2, 0.25) is 0 Å². The van der Waals surface area contributed by atoms with Gasteiger partial charge in [0, 0.05) is 0 Å². The molecule has 0 fully saturated rings. The van der Waals surface area contributed by atoms with Crippen LogP contribution in [0.15, 0.2) is 23.8 Å². The van der Waals surface area contributed by atoms with E-state index >= 15 is 0 Å². The highest BCUT2D eigenvalue weighted by molar-refractivity contribution is 5.55. The number of benzene rings is 1. The molecule has 134 valence electrons. The number of ether oxygens (including phenoxy) is 1. The molecular formula is C21H33NO2. The predicted octanol–water partition coefficient (Wildman–Crippen LogP) is 5.05. The molecule has 0 saturated carbocycles. The van der Waals surface area contributed by atoms with Gasteiger partial charge in [-0.15, -0.1) is 0 Å². The van der Waals surface area contributed by atoms with Crippen LogP contribution in [0, 0.1) is 5.41 Å². The number of phenols is 1. The Balaban J connectivity index is 2.69. The second-order valence-corrected chi connectivity index (χ2v) is 7.45. The third-order valence-corrected chi connectivity index (χ3v) is 5.72. The molecule has 0 heterocycles. The molecule has 0 amide bonds. The molecule has 0 saturated heterocycles. The normalized spacial score (nSPS) is 27.0. The van der Waals surface area contributed by atoms with Crippen LogP contribution in [0.25, 0.3) is 0 Å². The van der Waals surface area contributed by atoms with Crippen molar-refractivity contribution in [3.05, 3.63) is 34.9 Å². The largest absolute Gasteiger partial charge is 0.507 e. The molecule has 1 aromatic rings. The Morgan fingerprint density at radius 2 is 1.96 bits per heavy atom. The lowest BCUT2D eigenvalue weighted by atomic mass is 9.59. The van der Waals surface area contributed by atoms with Crippen LogP contribution in [0.4, 0.5) is 0 Å². The summed E-state index contributed by atoms with van der Waals surface area (Å²) in [6.45, 7) is 11.2. The van der Waals surface area contributed by atoms with Crippen LogP contribution in [-0.2, 0) is 12.0 Å². The average Bonchev–Trinajstić information content (AvgIpc) is 2.51. The monoisotopic (exact) mass is 331 g/mol. The maximum atomic E-state index is 10.9. The Bertz CT molecular complexity index is 623.